The van der Waals surface area contributed by atoms with Crippen LogP contribution in [-0.2, 0) is 13.0 Å². The van der Waals surface area contributed by atoms with Gasteiger partial charge >= 0.3 is 0 Å². The highest BCUT2D eigenvalue weighted by Crippen LogP contribution is 2.08. The molecular weight excluding hydrogens is 235 g/mol. The summed E-state index contributed by atoms with van der Waals surface area (Å²) in [5.74, 6) is -0.172. The summed E-state index contributed by atoms with van der Waals surface area (Å²) in [5, 5.41) is 6.42. The highest BCUT2D eigenvalue weighted by Gasteiger charge is 2.04. The lowest BCUT2D eigenvalue weighted by atomic mass is 10.1. The molecule has 0 radical (unpaired) electrons. The van der Waals surface area contributed by atoms with Gasteiger partial charge in [0.1, 0.15) is 10.8 Å². The summed E-state index contributed by atoms with van der Waals surface area (Å²) in [7, 11) is 0. The Morgan fingerprint density at radius 1 is 1.47 bits per heavy atom. The van der Waals surface area contributed by atoms with Crippen molar-refractivity contribution >= 4 is 11.3 Å². The van der Waals surface area contributed by atoms with Gasteiger partial charge in [-0.05, 0) is 31.0 Å². The Kier molecular flexibility index (Phi) is 4.23. The van der Waals surface area contributed by atoms with Crippen LogP contribution in [0.15, 0.2) is 35.8 Å². The number of nitrogens with zero attached hydrogens (tertiary/aromatic N) is 1. The van der Waals surface area contributed by atoms with E-state index in [2.05, 4.69) is 17.2 Å². The molecular formula is C13H15FN2S. The number of benzene rings is 1. The minimum Gasteiger partial charge on any atom is -0.308 e. The summed E-state index contributed by atoms with van der Waals surface area (Å²) in [4.78, 5) is 4.21. The standard InChI is InChI=1S/C13H15FN2S/c1-10(16-9-13-15-5-6-17-13)7-11-3-2-4-12(14)8-11/h2-6,8,10,16H,7,9H2,1H3. The third-order valence-corrected chi connectivity index (χ3v) is 3.30. The first-order valence-corrected chi connectivity index (χ1v) is 6.48. The highest BCUT2D eigenvalue weighted by molar-refractivity contribution is 7.09. The van der Waals surface area contributed by atoms with Crippen molar-refractivity contribution < 1.29 is 4.39 Å². The first kappa shape index (κ1) is 12.2. The Bertz CT molecular complexity index is 456. The maximum Gasteiger partial charge on any atom is 0.123 e. The Balaban J connectivity index is 1.83. The lowest BCUT2D eigenvalue weighted by molar-refractivity contribution is 0.542. The monoisotopic (exact) mass is 250 g/mol. The minimum atomic E-state index is -0.172. The van der Waals surface area contributed by atoms with E-state index in [0.29, 0.717) is 6.04 Å². The van der Waals surface area contributed by atoms with Gasteiger partial charge in [-0.25, -0.2) is 9.37 Å². The van der Waals surface area contributed by atoms with E-state index >= 15 is 0 Å². The van der Waals surface area contributed by atoms with E-state index in [9.17, 15) is 4.39 Å². The minimum absolute atomic E-state index is 0.172. The van der Waals surface area contributed by atoms with Crippen molar-refractivity contribution in [2.75, 3.05) is 0 Å². The second kappa shape index (κ2) is 5.89. The van der Waals surface area contributed by atoms with E-state index < -0.39 is 0 Å². The molecule has 17 heavy (non-hydrogen) atoms. The zero-order chi connectivity index (χ0) is 12.1. The highest BCUT2D eigenvalue weighted by atomic mass is 32.1. The van der Waals surface area contributed by atoms with Crippen molar-refractivity contribution in [3.8, 4) is 0 Å². The summed E-state index contributed by atoms with van der Waals surface area (Å²) >= 11 is 1.64. The second-order valence-electron chi connectivity index (χ2n) is 4.04. The van der Waals surface area contributed by atoms with Gasteiger partial charge in [-0.15, -0.1) is 11.3 Å². The Labute approximate surface area is 105 Å². The number of thiazole rings is 1. The van der Waals surface area contributed by atoms with Gasteiger partial charge in [0, 0.05) is 24.2 Å². The zero-order valence-electron chi connectivity index (χ0n) is 9.69. The number of hydrogen-bond acceptors (Lipinski definition) is 3. The quantitative estimate of drug-likeness (QED) is 0.882. The molecule has 1 heterocycles. The molecule has 0 spiro atoms. The molecule has 0 aliphatic rings. The van der Waals surface area contributed by atoms with E-state index in [1.807, 2.05) is 11.4 Å². The van der Waals surface area contributed by atoms with Crippen LogP contribution in [0.3, 0.4) is 0 Å². The first-order valence-electron chi connectivity index (χ1n) is 5.60. The molecule has 2 rings (SSSR count). The number of aromatic nitrogens is 1. The zero-order valence-corrected chi connectivity index (χ0v) is 10.5. The van der Waals surface area contributed by atoms with Gasteiger partial charge in [-0.3, -0.25) is 0 Å². The van der Waals surface area contributed by atoms with E-state index in [1.54, 1.807) is 29.7 Å². The van der Waals surface area contributed by atoms with Crippen LogP contribution < -0.4 is 5.32 Å². The summed E-state index contributed by atoms with van der Waals surface area (Å²) in [6, 6.07) is 7.06. The second-order valence-corrected chi connectivity index (χ2v) is 5.02. The average molecular weight is 250 g/mol. The van der Waals surface area contributed by atoms with Crippen LogP contribution in [0.25, 0.3) is 0 Å². The van der Waals surface area contributed by atoms with Crippen molar-refractivity contribution in [1.82, 2.24) is 10.3 Å². The molecule has 0 saturated heterocycles. The van der Waals surface area contributed by atoms with Gasteiger partial charge in [-0.1, -0.05) is 12.1 Å². The van der Waals surface area contributed by atoms with Crippen molar-refractivity contribution in [1.29, 1.82) is 0 Å². The van der Waals surface area contributed by atoms with Gasteiger partial charge in [0.25, 0.3) is 0 Å². The van der Waals surface area contributed by atoms with Crippen molar-refractivity contribution in [2.45, 2.75) is 25.9 Å². The van der Waals surface area contributed by atoms with E-state index in [4.69, 9.17) is 0 Å². The molecule has 1 N–H and O–H groups in total. The molecule has 0 saturated carbocycles. The normalized spacial score (nSPS) is 12.6. The molecule has 1 aromatic heterocycles. The molecule has 0 bridgehead atoms. The lowest BCUT2D eigenvalue weighted by Crippen LogP contribution is -2.27. The topological polar surface area (TPSA) is 24.9 Å². The van der Waals surface area contributed by atoms with Crippen molar-refractivity contribution in [3.05, 3.63) is 52.2 Å². The largest absolute Gasteiger partial charge is 0.308 e. The maximum absolute atomic E-state index is 13.0. The van der Waals surface area contributed by atoms with Crippen molar-refractivity contribution in [2.24, 2.45) is 0 Å². The van der Waals surface area contributed by atoms with E-state index in [-0.39, 0.29) is 5.82 Å². The van der Waals surface area contributed by atoms with Gasteiger partial charge < -0.3 is 5.32 Å². The fraction of sp³-hybridized carbons (Fsp3) is 0.308. The average Bonchev–Trinajstić information content (AvgIpc) is 2.79. The molecule has 0 aliphatic heterocycles. The van der Waals surface area contributed by atoms with Crippen LogP contribution in [0.4, 0.5) is 4.39 Å². The van der Waals surface area contributed by atoms with Gasteiger partial charge in [0.05, 0.1) is 0 Å². The third kappa shape index (κ3) is 3.91. The van der Waals surface area contributed by atoms with Gasteiger partial charge in [-0.2, -0.15) is 0 Å². The molecule has 0 aliphatic carbocycles. The Morgan fingerprint density at radius 3 is 3.06 bits per heavy atom. The molecule has 2 nitrogen and oxygen atoms in total. The van der Waals surface area contributed by atoms with Crippen LogP contribution in [0.2, 0.25) is 0 Å². The van der Waals surface area contributed by atoms with Gasteiger partial charge in [0.2, 0.25) is 0 Å². The predicted molar refractivity (Wildman–Crippen MR) is 68.5 cm³/mol. The number of halogens is 1. The summed E-state index contributed by atoms with van der Waals surface area (Å²) < 4.78 is 13.0. The smallest absolute Gasteiger partial charge is 0.123 e. The van der Waals surface area contributed by atoms with Crippen LogP contribution >= 0.6 is 11.3 Å². The Hall–Kier alpha value is -1.26. The van der Waals surface area contributed by atoms with Crippen LogP contribution in [0, 0.1) is 5.82 Å². The van der Waals surface area contributed by atoms with Crippen LogP contribution in [-0.4, -0.2) is 11.0 Å². The molecule has 4 heteroatoms. The summed E-state index contributed by atoms with van der Waals surface area (Å²) in [5.41, 5.74) is 1.02. The van der Waals surface area contributed by atoms with E-state index in [1.165, 1.54) is 6.07 Å². The number of hydrogen-bond donors (Lipinski definition) is 1. The molecule has 1 aromatic carbocycles. The van der Waals surface area contributed by atoms with Crippen LogP contribution in [0.1, 0.15) is 17.5 Å². The SMILES string of the molecule is CC(Cc1cccc(F)c1)NCc1nccs1. The maximum atomic E-state index is 13.0. The lowest BCUT2D eigenvalue weighted by Gasteiger charge is -2.12. The predicted octanol–water partition coefficient (Wildman–Crippen LogP) is 3.00. The molecule has 0 amide bonds. The fourth-order valence-corrected chi connectivity index (χ4v) is 2.26. The van der Waals surface area contributed by atoms with Gasteiger partial charge in [0.15, 0.2) is 0 Å². The summed E-state index contributed by atoms with van der Waals surface area (Å²) in [6.45, 7) is 2.87. The fourth-order valence-electron chi connectivity index (χ4n) is 1.69. The van der Waals surface area contributed by atoms with Crippen molar-refractivity contribution in [3.63, 3.8) is 0 Å². The number of rotatable bonds is 5. The van der Waals surface area contributed by atoms with Crippen LogP contribution in [0.5, 0.6) is 0 Å². The molecule has 1 unspecified atom stereocenters. The van der Waals surface area contributed by atoms with E-state index in [0.717, 1.165) is 23.5 Å². The molecule has 90 valence electrons. The molecule has 1 atom stereocenters. The first-order chi connectivity index (χ1) is 8.24. The number of nitrogens with one attached hydrogen (secondary N) is 1. The molecule has 0 fully saturated rings. The molecule has 2 aromatic rings. The Morgan fingerprint density at radius 2 is 2.35 bits per heavy atom. The third-order valence-electron chi connectivity index (χ3n) is 2.52. The summed E-state index contributed by atoms with van der Waals surface area (Å²) in [6.07, 6.45) is 2.63.